The summed E-state index contributed by atoms with van der Waals surface area (Å²) in [5, 5.41) is 12.6. The van der Waals surface area contributed by atoms with Crippen molar-refractivity contribution in [3.8, 4) is 11.6 Å². The Kier molecular flexibility index (Phi) is 4.46. The van der Waals surface area contributed by atoms with E-state index in [1.165, 1.54) is 40.9 Å². The summed E-state index contributed by atoms with van der Waals surface area (Å²) in [6.45, 7) is 0. The molecule has 4 rings (SSSR count). The van der Waals surface area contributed by atoms with Gasteiger partial charge in [-0.25, -0.2) is 9.37 Å². The van der Waals surface area contributed by atoms with Crippen LogP contribution in [0.3, 0.4) is 0 Å². The van der Waals surface area contributed by atoms with Crippen LogP contribution in [-0.2, 0) is 11.2 Å². The van der Waals surface area contributed by atoms with Gasteiger partial charge in [-0.2, -0.15) is 0 Å². The van der Waals surface area contributed by atoms with Crippen LogP contribution in [0.25, 0.3) is 11.8 Å². The Hall–Kier alpha value is -3.41. The first kappa shape index (κ1) is 17.0. The number of nitrogens with one attached hydrogen (secondary N) is 1. The fourth-order valence-corrected chi connectivity index (χ4v) is 3.39. The number of hydrogen-bond acceptors (Lipinski definition) is 3. The van der Waals surface area contributed by atoms with E-state index in [0.717, 1.165) is 18.4 Å². The molecule has 0 saturated heterocycles. The van der Waals surface area contributed by atoms with Gasteiger partial charge in [0.05, 0.1) is 17.9 Å². The fraction of sp³-hybridized carbons (Fsp3) is 0.143. The molecule has 5 nitrogen and oxygen atoms in total. The highest BCUT2D eigenvalue weighted by Gasteiger charge is 2.22. The average molecular weight is 363 g/mol. The van der Waals surface area contributed by atoms with Crippen molar-refractivity contribution in [2.24, 2.45) is 0 Å². The van der Waals surface area contributed by atoms with E-state index in [0.29, 0.717) is 5.56 Å². The Morgan fingerprint density at radius 3 is 2.93 bits per heavy atom. The van der Waals surface area contributed by atoms with Gasteiger partial charge in [0, 0.05) is 6.08 Å². The third kappa shape index (κ3) is 3.46. The molecule has 3 aromatic rings. The molecule has 1 amide bonds. The van der Waals surface area contributed by atoms with Gasteiger partial charge in [-0.15, -0.1) is 0 Å². The summed E-state index contributed by atoms with van der Waals surface area (Å²) in [6.07, 6.45) is 7.38. The molecule has 0 saturated carbocycles. The van der Waals surface area contributed by atoms with Crippen molar-refractivity contribution in [3.63, 3.8) is 0 Å². The predicted molar refractivity (Wildman–Crippen MR) is 99.9 cm³/mol. The van der Waals surface area contributed by atoms with Crippen LogP contribution in [0.2, 0.25) is 0 Å². The molecule has 1 heterocycles. The first-order valence-corrected chi connectivity index (χ1v) is 8.69. The van der Waals surface area contributed by atoms with Gasteiger partial charge in [0.1, 0.15) is 12.1 Å². The summed E-state index contributed by atoms with van der Waals surface area (Å²) < 4.78 is 15.6. The van der Waals surface area contributed by atoms with Crippen LogP contribution in [0.4, 0.5) is 4.39 Å². The van der Waals surface area contributed by atoms with Crippen LogP contribution < -0.4 is 5.32 Å². The maximum Gasteiger partial charge on any atom is 0.244 e. The molecule has 1 atom stereocenters. The number of aromatic hydroxyl groups is 1. The highest BCUT2D eigenvalue weighted by molar-refractivity contribution is 5.92. The van der Waals surface area contributed by atoms with E-state index < -0.39 is 5.82 Å². The minimum Gasteiger partial charge on any atom is -0.493 e. The number of nitrogens with zero attached hydrogens (tertiary/aromatic N) is 2. The number of fused-ring (bicyclic) bond motifs is 1. The number of amides is 1. The Morgan fingerprint density at radius 2 is 2.15 bits per heavy atom. The zero-order valence-corrected chi connectivity index (χ0v) is 14.5. The maximum atomic E-state index is 14.3. The van der Waals surface area contributed by atoms with Gasteiger partial charge < -0.3 is 10.4 Å². The number of carbonyl (C=O) groups excluding carboxylic acids is 1. The maximum absolute atomic E-state index is 14.3. The number of imidazole rings is 1. The standard InChI is InChI=1S/C21H18FN3O2/c22-17-11-14(5-9-19(17)25-13-23-12-21(25)27)6-10-20(26)24-18-8-7-15-3-1-2-4-16(15)18/h1-6,9-13,18,27H,7-8H2,(H,24,26)/b10-6+. The minimum absolute atomic E-state index is 0.0154. The molecule has 2 aromatic carbocycles. The molecular weight excluding hydrogens is 345 g/mol. The van der Waals surface area contributed by atoms with Crippen LogP contribution in [0, 0.1) is 5.82 Å². The Bertz CT molecular complexity index is 1030. The zero-order valence-electron chi connectivity index (χ0n) is 14.5. The lowest BCUT2D eigenvalue weighted by Gasteiger charge is -2.12. The summed E-state index contributed by atoms with van der Waals surface area (Å²) in [5.74, 6) is -0.877. The summed E-state index contributed by atoms with van der Waals surface area (Å²) >= 11 is 0. The predicted octanol–water partition coefficient (Wildman–Crippen LogP) is 3.53. The number of aryl methyl sites for hydroxylation is 1. The molecule has 0 radical (unpaired) electrons. The summed E-state index contributed by atoms with van der Waals surface area (Å²) in [4.78, 5) is 16.0. The largest absolute Gasteiger partial charge is 0.493 e. The van der Waals surface area contributed by atoms with E-state index in [2.05, 4.69) is 16.4 Å². The lowest BCUT2D eigenvalue weighted by atomic mass is 10.1. The van der Waals surface area contributed by atoms with Crippen molar-refractivity contribution in [1.82, 2.24) is 14.9 Å². The van der Waals surface area contributed by atoms with Gasteiger partial charge in [0.2, 0.25) is 11.8 Å². The number of carbonyl (C=O) groups is 1. The van der Waals surface area contributed by atoms with Crippen molar-refractivity contribution in [1.29, 1.82) is 0 Å². The average Bonchev–Trinajstić information content (AvgIpc) is 3.27. The third-order valence-electron chi connectivity index (χ3n) is 4.73. The smallest absolute Gasteiger partial charge is 0.244 e. The van der Waals surface area contributed by atoms with Crippen molar-refractivity contribution in [2.75, 3.05) is 0 Å². The number of aromatic nitrogens is 2. The van der Waals surface area contributed by atoms with Gasteiger partial charge in [0.15, 0.2) is 0 Å². The normalized spacial score (nSPS) is 15.8. The first-order valence-electron chi connectivity index (χ1n) is 8.69. The molecule has 0 bridgehead atoms. The lowest BCUT2D eigenvalue weighted by Crippen LogP contribution is -2.25. The second-order valence-corrected chi connectivity index (χ2v) is 6.46. The molecule has 2 N–H and O–H groups in total. The van der Waals surface area contributed by atoms with Crippen LogP contribution in [0.1, 0.15) is 29.2 Å². The quantitative estimate of drug-likeness (QED) is 0.697. The first-order chi connectivity index (χ1) is 13.1. The van der Waals surface area contributed by atoms with Gasteiger partial charge in [-0.1, -0.05) is 30.3 Å². The van der Waals surface area contributed by atoms with Crippen LogP contribution in [0.5, 0.6) is 5.88 Å². The van der Waals surface area contributed by atoms with Crippen LogP contribution in [-0.4, -0.2) is 20.6 Å². The lowest BCUT2D eigenvalue weighted by molar-refractivity contribution is -0.117. The molecule has 136 valence electrons. The molecule has 6 heteroatoms. The van der Waals surface area contributed by atoms with Crippen molar-refractivity contribution in [3.05, 3.63) is 83.6 Å². The Morgan fingerprint density at radius 1 is 1.30 bits per heavy atom. The number of benzene rings is 2. The van der Waals surface area contributed by atoms with Crippen molar-refractivity contribution in [2.45, 2.75) is 18.9 Å². The monoisotopic (exact) mass is 363 g/mol. The van der Waals surface area contributed by atoms with Gasteiger partial charge in [0.25, 0.3) is 0 Å². The van der Waals surface area contributed by atoms with E-state index in [9.17, 15) is 14.3 Å². The Labute approximate surface area is 155 Å². The SMILES string of the molecule is O=C(/C=C/c1ccc(-n2cncc2O)c(F)c1)NC1CCc2ccccc21. The second kappa shape index (κ2) is 7.07. The molecule has 1 aliphatic rings. The van der Waals surface area contributed by atoms with Gasteiger partial charge in [-0.05, 0) is 47.7 Å². The highest BCUT2D eigenvalue weighted by atomic mass is 19.1. The van der Waals surface area contributed by atoms with Crippen molar-refractivity contribution >= 4 is 12.0 Å². The molecule has 1 unspecified atom stereocenters. The van der Waals surface area contributed by atoms with Gasteiger partial charge >= 0.3 is 0 Å². The zero-order chi connectivity index (χ0) is 18.8. The van der Waals surface area contributed by atoms with E-state index in [4.69, 9.17) is 0 Å². The molecule has 0 fully saturated rings. The molecule has 1 aliphatic carbocycles. The molecule has 0 spiro atoms. The van der Waals surface area contributed by atoms with Crippen LogP contribution >= 0.6 is 0 Å². The van der Waals surface area contributed by atoms with E-state index in [-0.39, 0.29) is 23.5 Å². The van der Waals surface area contributed by atoms with Crippen LogP contribution in [0.15, 0.2) is 61.1 Å². The van der Waals surface area contributed by atoms with Crippen molar-refractivity contribution < 1.29 is 14.3 Å². The summed E-state index contributed by atoms with van der Waals surface area (Å²) in [7, 11) is 0. The minimum atomic E-state index is -0.518. The molecule has 27 heavy (non-hydrogen) atoms. The molecular formula is C21H18FN3O2. The highest BCUT2D eigenvalue weighted by Crippen LogP contribution is 2.30. The Balaban J connectivity index is 1.45. The molecule has 1 aromatic heterocycles. The third-order valence-corrected chi connectivity index (χ3v) is 4.73. The topological polar surface area (TPSA) is 67.2 Å². The molecule has 0 aliphatic heterocycles. The summed E-state index contributed by atoms with van der Waals surface area (Å²) in [5.41, 5.74) is 3.17. The van der Waals surface area contributed by atoms with E-state index in [1.807, 2.05) is 18.2 Å². The summed E-state index contributed by atoms with van der Waals surface area (Å²) in [6, 6.07) is 12.6. The number of halogens is 1. The van der Waals surface area contributed by atoms with Gasteiger partial charge in [-0.3, -0.25) is 9.36 Å². The van der Waals surface area contributed by atoms with E-state index in [1.54, 1.807) is 12.1 Å². The second-order valence-electron chi connectivity index (χ2n) is 6.46. The number of hydrogen-bond donors (Lipinski definition) is 2. The fourth-order valence-electron chi connectivity index (χ4n) is 3.39. The number of rotatable bonds is 4. The van der Waals surface area contributed by atoms with E-state index >= 15 is 0 Å².